The summed E-state index contributed by atoms with van der Waals surface area (Å²) >= 11 is 6.10. The zero-order valence-corrected chi connectivity index (χ0v) is 27.4. The quantitative estimate of drug-likeness (QED) is 0.179. The van der Waals surface area contributed by atoms with Crippen LogP contribution >= 0.6 is 11.6 Å². The number of aromatic carboxylic acids is 1. The molecular formula is C36H29ClFN7O5. The fourth-order valence-corrected chi connectivity index (χ4v) is 6.33. The van der Waals surface area contributed by atoms with Crippen molar-refractivity contribution in [2.75, 3.05) is 5.32 Å². The molecule has 1 atom stereocenters. The highest BCUT2D eigenvalue weighted by Gasteiger charge is 2.46. The number of nitrogens with two attached hydrogens (primary N) is 1. The van der Waals surface area contributed by atoms with Crippen LogP contribution in [0.4, 0.5) is 10.1 Å². The molecule has 12 nitrogen and oxygen atoms in total. The van der Waals surface area contributed by atoms with E-state index in [1.165, 1.54) is 64.5 Å². The van der Waals surface area contributed by atoms with Crippen LogP contribution in [0.1, 0.15) is 57.3 Å². The van der Waals surface area contributed by atoms with Gasteiger partial charge in [0.05, 0.1) is 16.3 Å². The lowest BCUT2D eigenvalue weighted by molar-refractivity contribution is -0.142. The van der Waals surface area contributed by atoms with Gasteiger partial charge in [0.25, 0.3) is 5.91 Å². The molecule has 0 fully saturated rings. The maximum atomic E-state index is 15.4. The van der Waals surface area contributed by atoms with Gasteiger partial charge in [0.15, 0.2) is 5.82 Å². The molecule has 0 aliphatic carbocycles. The maximum Gasteiger partial charge on any atom is 0.335 e. The second kappa shape index (κ2) is 13.4. The first-order valence-corrected chi connectivity index (χ1v) is 15.6. The zero-order chi connectivity index (χ0) is 35.7. The van der Waals surface area contributed by atoms with Crippen LogP contribution in [0.2, 0.25) is 5.02 Å². The molecule has 50 heavy (non-hydrogen) atoms. The van der Waals surface area contributed by atoms with Crippen molar-refractivity contribution in [3.8, 4) is 16.8 Å². The predicted octanol–water partition coefficient (Wildman–Crippen LogP) is 5.48. The van der Waals surface area contributed by atoms with Crippen molar-refractivity contribution in [3.63, 3.8) is 0 Å². The molecule has 2 heterocycles. The summed E-state index contributed by atoms with van der Waals surface area (Å²) in [6, 6.07) is 19.5. The van der Waals surface area contributed by atoms with Gasteiger partial charge >= 0.3 is 5.97 Å². The van der Waals surface area contributed by atoms with Crippen molar-refractivity contribution >= 4 is 47.1 Å². The Bertz CT molecular complexity index is 2170. The van der Waals surface area contributed by atoms with E-state index in [-0.39, 0.29) is 21.8 Å². The second-order valence-electron chi connectivity index (χ2n) is 12.2. The van der Waals surface area contributed by atoms with Crippen LogP contribution in [0.3, 0.4) is 0 Å². The third-order valence-corrected chi connectivity index (χ3v) is 8.78. The number of nitrogens with one attached hydrogen (secondary N) is 1. The lowest BCUT2D eigenvalue weighted by atomic mass is 9.77. The van der Waals surface area contributed by atoms with Crippen molar-refractivity contribution in [1.29, 1.82) is 0 Å². The Balaban J connectivity index is 1.45. The highest BCUT2D eigenvalue weighted by Crippen LogP contribution is 2.43. The number of anilines is 1. The molecule has 1 aromatic heterocycles. The molecule has 0 spiro atoms. The molecule has 0 bridgehead atoms. The van der Waals surface area contributed by atoms with Crippen LogP contribution in [0.5, 0.6) is 0 Å². The number of primary amides is 1. The third-order valence-electron chi connectivity index (χ3n) is 8.49. The summed E-state index contributed by atoms with van der Waals surface area (Å²) in [5, 5.41) is 23.0. The van der Waals surface area contributed by atoms with Crippen molar-refractivity contribution in [3.05, 3.63) is 130 Å². The van der Waals surface area contributed by atoms with E-state index in [4.69, 9.17) is 17.3 Å². The van der Waals surface area contributed by atoms with Crippen molar-refractivity contribution < 1.29 is 28.7 Å². The Morgan fingerprint density at radius 3 is 2.34 bits per heavy atom. The maximum absolute atomic E-state index is 15.4. The van der Waals surface area contributed by atoms with Crippen molar-refractivity contribution in [2.24, 2.45) is 5.73 Å². The van der Waals surface area contributed by atoms with E-state index >= 15 is 4.39 Å². The minimum Gasteiger partial charge on any atom is -0.478 e. The summed E-state index contributed by atoms with van der Waals surface area (Å²) in [7, 11) is 0. The minimum absolute atomic E-state index is 0.0374. The molecular weight excluding hydrogens is 665 g/mol. The van der Waals surface area contributed by atoms with Gasteiger partial charge in [-0.3, -0.25) is 14.4 Å². The van der Waals surface area contributed by atoms with E-state index in [1.54, 1.807) is 36.4 Å². The molecule has 4 N–H and O–H groups in total. The van der Waals surface area contributed by atoms with Gasteiger partial charge in [-0.2, -0.15) is 4.68 Å². The molecule has 3 amide bonds. The van der Waals surface area contributed by atoms with Crippen LogP contribution in [0, 0.1) is 5.82 Å². The fourth-order valence-electron chi connectivity index (χ4n) is 6.16. The summed E-state index contributed by atoms with van der Waals surface area (Å²) in [6.07, 6.45) is 4.04. The molecule has 1 aliphatic heterocycles. The van der Waals surface area contributed by atoms with Gasteiger partial charge in [0.1, 0.15) is 12.4 Å². The van der Waals surface area contributed by atoms with Crippen LogP contribution in [-0.4, -0.2) is 59.4 Å². The minimum atomic E-state index is -1.18. The van der Waals surface area contributed by atoms with Gasteiger partial charge in [-0.1, -0.05) is 41.9 Å². The third kappa shape index (κ3) is 6.45. The highest BCUT2D eigenvalue weighted by atomic mass is 35.5. The van der Waals surface area contributed by atoms with Gasteiger partial charge in [-0.05, 0) is 108 Å². The smallest absolute Gasteiger partial charge is 0.335 e. The number of aromatic nitrogens is 4. The van der Waals surface area contributed by atoms with E-state index in [2.05, 4.69) is 20.8 Å². The van der Waals surface area contributed by atoms with Crippen LogP contribution in [-0.2, 0) is 16.0 Å². The summed E-state index contributed by atoms with van der Waals surface area (Å²) in [4.78, 5) is 53.1. The highest BCUT2D eigenvalue weighted by molar-refractivity contribution is 6.31. The Morgan fingerprint density at radius 2 is 1.70 bits per heavy atom. The Hall–Kier alpha value is -6.21. The molecule has 1 aliphatic rings. The normalized spacial score (nSPS) is 15.0. The Labute approximate surface area is 290 Å². The molecule has 252 valence electrons. The zero-order valence-electron chi connectivity index (χ0n) is 26.7. The first-order valence-electron chi connectivity index (χ1n) is 15.2. The van der Waals surface area contributed by atoms with E-state index in [0.717, 1.165) is 16.7 Å². The number of nitrogens with zero attached hydrogens (tertiary/aromatic N) is 5. The van der Waals surface area contributed by atoms with Gasteiger partial charge < -0.3 is 21.1 Å². The first kappa shape index (κ1) is 33.7. The molecule has 1 unspecified atom stereocenters. The molecule has 14 heteroatoms. The number of halogens is 2. The van der Waals surface area contributed by atoms with E-state index in [1.807, 2.05) is 19.9 Å². The number of carboxylic acids is 1. The number of hydrogen-bond acceptors (Lipinski definition) is 7. The number of fused-ring (bicyclic) bond motifs is 1. The standard InChI is InChI=1S/C36H29ClFN7O5/c1-36(2)18-27-24(20-6-8-21(9-7-20)33(39)47)4-3-5-25(27)32(34(48)41-23-12-10-22(11-13-23)35(49)50)45(36)30(46)17-14-26-29(44-19-40-42-43-44)16-15-28(37)31(26)38/h3-17,19,32H,18H2,1-2H3,(H2,39,47)(H,41,48)(H,49,50)/b17-14+. The van der Waals surface area contributed by atoms with Gasteiger partial charge in [-0.25, -0.2) is 9.18 Å². The molecule has 4 aromatic carbocycles. The summed E-state index contributed by atoms with van der Waals surface area (Å²) in [6.45, 7) is 3.64. The number of amides is 3. The fraction of sp³-hybridized carbons (Fsp3) is 0.139. The topological polar surface area (TPSA) is 173 Å². The molecule has 6 rings (SSSR count). The number of rotatable bonds is 8. The monoisotopic (exact) mass is 693 g/mol. The Morgan fingerprint density at radius 1 is 1.00 bits per heavy atom. The van der Waals surface area contributed by atoms with Crippen molar-refractivity contribution in [2.45, 2.75) is 31.8 Å². The number of carbonyl (C=O) groups is 4. The number of tetrazole rings is 1. The lowest BCUT2D eigenvalue weighted by Gasteiger charge is -2.48. The first-order chi connectivity index (χ1) is 23.9. The summed E-state index contributed by atoms with van der Waals surface area (Å²) in [5.41, 5.74) is 8.28. The van der Waals surface area contributed by atoms with E-state index < -0.39 is 41.1 Å². The van der Waals surface area contributed by atoms with Gasteiger partial charge in [0, 0.05) is 28.4 Å². The average Bonchev–Trinajstić information content (AvgIpc) is 3.63. The van der Waals surface area contributed by atoms with Crippen LogP contribution in [0.15, 0.2) is 91.3 Å². The Kier molecular flexibility index (Phi) is 9.00. The molecule has 0 saturated heterocycles. The number of carboxylic acid groups (broad SMARTS) is 1. The van der Waals surface area contributed by atoms with Crippen LogP contribution in [0.25, 0.3) is 22.9 Å². The largest absolute Gasteiger partial charge is 0.478 e. The molecule has 5 aromatic rings. The lowest BCUT2D eigenvalue weighted by Crippen LogP contribution is -2.56. The number of carbonyl (C=O) groups excluding carboxylic acids is 3. The summed E-state index contributed by atoms with van der Waals surface area (Å²) < 4.78 is 16.6. The van der Waals surface area contributed by atoms with Crippen molar-refractivity contribution in [1.82, 2.24) is 25.1 Å². The summed E-state index contributed by atoms with van der Waals surface area (Å²) in [5.74, 6) is -3.64. The van der Waals surface area contributed by atoms with Gasteiger partial charge in [-0.15, -0.1) is 5.10 Å². The molecule has 0 radical (unpaired) electrons. The number of benzene rings is 4. The SMILES string of the molecule is CC1(C)Cc2c(-c3ccc(C(N)=O)cc3)cccc2C(C(=O)Nc2ccc(C(=O)O)cc2)N1C(=O)/C=C/c1c(-n2cnnn2)ccc(Cl)c1F. The molecule has 0 saturated carbocycles. The second-order valence-corrected chi connectivity index (χ2v) is 12.6. The van der Waals surface area contributed by atoms with Crippen LogP contribution < -0.4 is 11.1 Å². The van der Waals surface area contributed by atoms with E-state index in [0.29, 0.717) is 23.2 Å². The van der Waals surface area contributed by atoms with Gasteiger partial charge in [0.2, 0.25) is 11.8 Å². The average molecular weight is 694 g/mol. The predicted molar refractivity (Wildman–Crippen MR) is 183 cm³/mol. The number of hydrogen-bond donors (Lipinski definition) is 3. The van der Waals surface area contributed by atoms with E-state index in [9.17, 15) is 24.3 Å².